The standard InChI is InChI=1S/C10H14ClN3O3/c1-16-6-7(17-2)5-12-10(15)8-3-4-9(11)14-13-8/h3-4,7H,5-6H2,1-2H3,(H,12,15). The molecule has 0 aromatic carbocycles. The fourth-order valence-corrected chi connectivity index (χ4v) is 1.23. The minimum Gasteiger partial charge on any atom is -0.382 e. The van der Waals surface area contributed by atoms with Crippen LogP contribution in [0.4, 0.5) is 0 Å². The van der Waals surface area contributed by atoms with Gasteiger partial charge in [-0.3, -0.25) is 4.79 Å². The maximum Gasteiger partial charge on any atom is 0.271 e. The van der Waals surface area contributed by atoms with E-state index in [1.807, 2.05) is 0 Å². The molecule has 0 radical (unpaired) electrons. The summed E-state index contributed by atoms with van der Waals surface area (Å²) in [6.07, 6.45) is -0.191. The van der Waals surface area contributed by atoms with Crippen LogP contribution in [-0.4, -0.2) is 49.6 Å². The molecule has 1 unspecified atom stereocenters. The molecule has 94 valence electrons. The number of hydrogen-bond acceptors (Lipinski definition) is 5. The average Bonchev–Trinajstić information content (AvgIpc) is 2.35. The molecule has 0 saturated carbocycles. The van der Waals surface area contributed by atoms with Crippen LogP contribution < -0.4 is 5.32 Å². The highest BCUT2D eigenvalue weighted by Crippen LogP contribution is 2.02. The number of nitrogens with zero attached hydrogens (tertiary/aromatic N) is 2. The van der Waals surface area contributed by atoms with Gasteiger partial charge >= 0.3 is 0 Å². The van der Waals surface area contributed by atoms with Gasteiger partial charge in [0.15, 0.2) is 10.8 Å². The van der Waals surface area contributed by atoms with Crippen molar-refractivity contribution in [3.8, 4) is 0 Å². The summed E-state index contributed by atoms with van der Waals surface area (Å²) in [5, 5.41) is 10.2. The van der Waals surface area contributed by atoms with E-state index in [9.17, 15) is 4.79 Å². The highest BCUT2D eigenvalue weighted by Gasteiger charge is 2.11. The third-order valence-corrected chi connectivity index (χ3v) is 2.24. The summed E-state index contributed by atoms with van der Waals surface area (Å²) < 4.78 is 10.0. The van der Waals surface area contributed by atoms with Crippen molar-refractivity contribution in [2.75, 3.05) is 27.4 Å². The smallest absolute Gasteiger partial charge is 0.271 e. The predicted molar refractivity (Wildman–Crippen MR) is 62.0 cm³/mol. The molecule has 1 amide bonds. The van der Waals surface area contributed by atoms with Crippen molar-refractivity contribution in [2.45, 2.75) is 6.10 Å². The second kappa shape index (κ2) is 7.16. The van der Waals surface area contributed by atoms with E-state index in [2.05, 4.69) is 15.5 Å². The number of methoxy groups -OCH3 is 2. The molecular formula is C10H14ClN3O3. The van der Waals surface area contributed by atoms with Gasteiger partial charge in [0.1, 0.15) is 0 Å². The van der Waals surface area contributed by atoms with Crippen LogP contribution in [0.25, 0.3) is 0 Å². The van der Waals surface area contributed by atoms with Crippen LogP contribution in [0.1, 0.15) is 10.5 Å². The second-order valence-electron chi connectivity index (χ2n) is 3.26. The van der Waals surface area contributed by atoms with E-state index in [-0.39, 0.29) is 22.9 Å². The van der Waals surface area contributed by atoms with E-state index in [0.29, 0.717) is 13.2 Å². The van der Waals surface area contributed by atoms with Gasteiger partial charge in [-0.15, -0.1) is 10.2 Å². The van der Waals surface area contributed by atoms with Crippen molar-refractivity contribution in [3.63, 3.8) is 0 Å². The van der Waals surface area contributed by atoms with Crippen LogP contribution in [0.5, 0.6) is 0 Å². The van der Waals surface area contributed by atoms with Crippen LogP contribution in [0.2, 0.25) is 5.15 Å². The second-order valence-corrected chi connectivity index (χ2v) is 3.65. The Morgan fingerprint density at radius 1 is 1.47 bits per heavy atom. The maximum atomic E-state index is 11.6. The lowest BCUT2D eigenvalue weighted by molar-refractivity contribution is 0.0285. The molecule has 0 fully saturated rings. The van der Waals surface area contributed by atoms with Crippen LogP contribution in [0.3, 0.4) is 0 Å². The molecule has 1 heterocycles. The molecule has 0 aliphatic carbocycles. The van der Waals surface area contributed by atoms with Crippen molar-refractivity contribution in [3.05, 3.63) is 23.0 Å². The summed E-state index contributed by atoms with van der Waals surface area (Å²) in [5.74, 6) is -0.327. The predicted octanol–water partition coefficient (Wildman–Crippen LogP) is 0.521. The Morgan fingerprint density at radius 3 is 2.76 bits per heavy atom. The zero-order valence-corrected chi connectivity index (χ0v) is 10.4. The van der Waals surface area contributed by atoms with Crippen molar-refractivity contribution in [2.24, 2.45) is 0 Å². The largest absolute Gasteiger partial charge is 0.382 e. The number of aromatic nitrogens is 2. The minimum absolute atomic E-state index is 0.191. The van der Waals surface area contributed by atoms with E-state index < -0.39 is 0 Å². The topological polar surface area (TPSA) is 73.3 Å². The van der Waals surface area contributed by atoms with Gasteiger partial charge in [-0.2, -0.15) is 0 Å². The van der Waals surface area contributed by atoms with E-state index in [1.165, 1.54) is 12.1 Å². The minimum atomic E-state index is -0.327. The molecule has 6 nitrogen and oxygen atoms in total. The lowest BCUT2D eigenvalue weighted by Gasteiger charge is -2.14. The average molecular weight is 260 g/mol. The van der Waals surface area contributed by atoms with Gasteiger partial charge in [0.25, 0.3) is 5.91 Å². The number of halogens is 1. The number of rotatable bonds is 6. The van der Waals surface area contributed by atoms with E-state index in [0.717, 1.165) is 0 Å². The SMILES string of the molecule is COCC(CNC(=O)c1ccc(Cl)nn1)OC. The molecule has 17 heavy (non-hydrogen) atoms. The summed E-state index contributed by atoms with van der Waals surface area (Å²) in [5.41, 5.74) is 0.210. The summed E-state index contributed by atoms with van der Waals surface area (Å²) >= 11 is 5.57. The third-order valence-electron chi connectivity index (χ3n) is 2.04. The quantitative estimate of drug-likeness (QED) is 0.806. The summed E-state index contributed by atoms with van der Waals surface area (Å²) in [7, 11) is 3.12. The number of carbonyl (C=O) groups is 1. The summed E-state index contributed by atoms with van der Waals surface area (Å²) in [4.78, 5) is 11.6. The maximum absolute atomic E-state index is 11.6. The lowest BCUT2D eigenvalue weighted by Crippen LogP contribution is -2.36. The zero-order valence-electron chi connectivity index (χ0n) is 9.64. The van der Waals surface area contributed by atoms with Crippen LogP contribution in [-0.2, 0) is 9.47 Å². The van der Waals surface area contributed by atoms with E-state index in [4.69, 9.17) is 21.1 Å². The van der Waals surface area contributed by atoms with Crippen molar-refractivity contribution < 1.29 is 14.3 Å². The van der Waals surface area contributed by atoms with E-state index in [1.54, 1.807) is 14.2 Å². The molecule has 0 aliphatic rings. The van der Waals surface area contributed by atoms with Crippen molar-refractivity contribution in [1.82, 2.24) is 15.5 Å². The lowest BCUT2D eigenvalue weighted by atomic mass is 10.3. The zero-order chi connectivity index (χ0) is 12.7. The van der Waals surface area contributed by atoms with Gasteiger partial charge in [0.05, 0.1) is 12.7 Å². The van der Waals surface area contributed by atoms with Crippen LogP contribution in [0, 0.1) is 0 Å². The first-order chi connectivity index (χ1) is 8.17. The molecule has 1 N–H and O–H groups in total. The molecule has 1 aromatic rings. The Hall–Kier alpha value is -1.24. The molecule has 7 heteroatoms. The molecule has 0 bridgehead atoms. The highest BCUT2D eigenvalue weighted by atomic mass is 35.5. The number of ether oxygens (including phenoxy) is 2. The Labute approximate surface area is 104 Å². The van der Waals surface area contributed by atoms with Gasteiger partial charge < -0.3 is 14.8 Å². The van der Waals surface area contributed by atoms with Crippen LogP contribution in [0.15, 0.2) is 12.1 Å². The Kier molecular flexibility index (Phi) is 5.82. The Bertz CT molecular complexity index is 358. The first-order valence-electron chi connectivity index (χ1n) is 4.96. The first kappa shape index (κ1) is 13.8. The summed E-state index contributed by atoms with van der Waals surface area (Å²) in [6.45, 7) is 0.747. The molecule has 1 aromatic heterocycles. The number of carbonyl (C=O) groups excluding carboxylic acids is 1. The molecule has 0 aliphatic heterocycles. The third kappa shape index (κ3) is 4.64. The van der Waals surface area contributed by atoms with Gasteiger partial charge in [0, 0.05) is 20.8 Å². The van der Waals surface area contributed by atoms with Gasteiger partial charge in [-0.1, -0.05) is 11.6 Å². The summed E-state index contributed by atoms with van der Waals surface area (Å²) in [6, 6.07) is 3.01. The molecule has 1 rings (SSSR count). The van der Waals surface area contributed by atoms with Crippen LogP contribution >= 0.6 is 11.6 Å². The molecule has 0 saturated heterocycles. The first-order valence-corrected chi connectivity index (χ1v) is 5.34. The Balaban J connectivity index is 2.46. The number of amides is 1. The van der Waals surface area contributed by atoms with E-state index >= 15 is 0 Å². The fraction of sp³-hybridized carbons (Fsp3) is 0.500. The number of nitrogens with one attached hydrogen (secondary N) is 1. The molecule has 1 atom stereocenters. The highest BCUT2D eigenvalue weighted by molar-refractivity contribution is 6.29. The van der Waals surface area contributed by atoms with Gasteiger partial charge in [-0.25, -0.2) is 0 Å². The Morgan fingerprint density at radius 2 is 2.24 bits per heavy atom. The van der Waals surface area contributed by atoms with Crippen molar-refractivity contribution >= 4 is 17.5 Å². The van der Waals surface area contributed by atoms with Gasteiger partial charge in [0.2, 0.25) is 0 Å². The van der Waals surface area contributed by atoms with Gasteiger partial charge in [-0.05, 0) is 12.1 Å². The molecule has 0 spiro atoms. The fourth-order valence-electron chi connectivity index (χ4n) is 1.13. The van der Waals surface area contributed by atoms with Crippen molar-refractivity contribution in [1.29, 1.82) is 0 Å². The normalized spacial score (nSPS) is 12.2. The number of hydrogen-bond donors (Lipinski definition) is 1. The monoisotopic (exact) mass is 259 g/mol. The molecular weight excluding hydrogens is 246 g/mol.